The van der Waals surface area contributed by atoms with E-state index in [1.807, 2.05) is 55.8 Å². The number of carbonyl (C=O) groups is 1. The molecule has 0 unspecified atom stereocenters. The van der Waals surface area contributed by atoms with Crippen LogP contribution in [0.3, 0.4) is 0 Å². The number of aromatic amines is 1. The van der Waals surface area contributed by atoms with Crippen LogP contribution in [0.15, 0.2) is 85.5 Å². The van der Waals surface area contributed by atoms with E-state index in [9.17, 15) is 4.79 Å². The number of nitrogens with zero attached hydrogens (tertiary/aromatic N) is 3. The van der Waals surface area contributed by atoms with Gasteiger partial charge in [0.1, 0.15) is 11.5 Å². The van der Waals surface area contributed by atoms with Gasteiger partial charge in [0.25, 0.3) is 0 Å². The third kappa shape index (κ3) is 4.49. The number of hydrogen-bond donors (Lipinski definition) is 2. The van der Waals surface area contributed by atoms with Crippen LogP contribution in [-0.4, -0.2) is 39.1 Å². The summed E-state index contributed by atoms with van der Waals surface area (Å²) in [7, 11) is 0. The van der Waals surface area contributed by atoms with Gasteiger partial charge in [0.05, 0.1) is 5.41 Å². The predicted molar refractivity (Wildman–Crippen MR) is 144 cm³/mol. The molecule has 0 spiro atoms. The van der Waals surface area contributed by atoms with Crippen LogP contribution in [0.5, 0.6) is 0 Å². The zero-order valence-electron chi connectivity index (χ0n) is 20.6. The van der Waals surface area contributed by atoms with Crippen molar-refractivity contribution < 1.29 is 9.53 Å². The Morgan fingerprint density at radius 3 is 2.24 bits per heavy atom. The summed E-state index contributed by atoms with van der Waals surface area (Å²) in [6, 6.07) is 20.2. The highest BCUT2D eigenvalue weighted by molar-refractivity contribution is 5.99. The van der Waals surface area contributed by atoms with Gasteiger partial charge < -0.3 is 15.0 Å². The van der Waals surface area contributed by atoms with Crippen LogP contribution in [0.25, 0.3) is 33.3 Å². The molecule has 37 heavy (non-hydrogen) atoms. The fourth-order valence-electron chi connectivity index (χ4n) is 4.96. The van der Waals surface area contributed by atoms with E-state index in [0.29, 0.717) is 31.9 Å². The Morgan fingerprint density at radius 2 is 1.54 bits per heavy atom. The lowest BCUT2D eigenvalue weighted by atomic mass is 9.73. The SMILES string of the molecule is Cc1ccc(-c2ccc(NC(=O)C3(c4ccc(-c5cnc6[nH]ccc6c5)cc4)CCOCC3)nc2)cn1. The van der Waals surface area contributed by atoms with Crippen molar-refractivity contribution in [3.8, 4) is 22.3 Å². The second-order valence-electron chi connectivity index (χ2n) is 9.49. The van der Waals surface area contributed by atoms with E-state index in [1.54, 1.807) is 6.20 Å². The van der Waals surface area contributed by atoms with Crippen molar-refractivity contribution in [1.82, 2.24) is 19.9 Å². The molecule has 1 aliphatic heterocycles. The van der Waals surface area contributed by atoms with Gasteiger partial charge in [-0.05, 0) is 61.2 Å². The molecule has 0 saturated carbocycles. The molecule has 7 heteroatoms. The number of amides is 1. The van der Waals surface area contributed by atoms with E-state index in [1.165, 1.54) is 0 Å². The first kappa shape index (κ1) is 23.1. The van der Waals surface area contributed by atoms with Crippen molar-refractivity contribution >= 4 is 22.8 Å². The minimum absolute atomic E-state index is 0.0591. The van der Waals surface area contributed by atoms with Gasteiger partial charge in [-0.15, -0.1) is 0 Å². The first-order chi connectivity index (χ1) is 18.1. The normalized spacial score (nSPS) is 14.9. The van der Waals surface area contributed by atoms with Gasteiger partial charge in [0, 0.05) is 65.8 Å². The fraction of sp³-hybridized carbons (Fsp3) is 0.200. The molecule has 1 aromatic carbocycles. The molecule has 5 aromatic rings. The lowest BCUT2D eigenvalue weighted by Gasteiger charge is -2.36. The van der Waals surface area contributed by atoms with Gasteiger partial charge in [0.15, 0.2) is 0 Å². The first-order valence-electron chi connectivity index (χ1n) is 12.4. The molecule has 5 heterocycles. The van der Waals surface area contributed by atoms with E-state index in [-0.39, 0.29) is 5.91 Å². The average molecular weight is 490 g/mol. The van der Waals surface area contributed by atoms with E-state index in [0.717, 1.165) is 44.5 Å². The van der Waals surface area contributed by atoms with Crippen molar-refractivity contribution in [2.75, 3.05) is 18.5 Å². The smallest absolute Gasteiger partial charge is 0.236 e. The number of aromatic nitrogens is 4. The van der Waals surface area contributed by atoms with Crippen LogP contribution in [0.1, 0.15) is 24.1 Å². The van der Waals surface area contributed by atoms with Crippen molar-refractivity contribution in [3.05, 3.63) is 96.7 Å². The largest absolute Gasteiger partial charge is 0.381 e. The highest BCUT2D eigenvalue weighted by Crippen LogP contribution is 2.37. The Kier molecular flexibility index (Phi) is 5.98. The van der Waals surface area contributed by atoms with E-state index >= 15 is 0 Å². The zero-order valence-corrected chi connectivity index (χ0v) is 20.6. The minimum atomic E-state index is -0.680. The zero-order chi connectivity index (χ0) is 25.2. The topological polar surface area (TPSA) is 92.8 Å². The van der Waals surface area contributed by atoms with Crippen LogP contribution in [-0.2, 0) is 14.9 Å². The van der Waals surface area contributed by atoms with Crippen LogP contribution >= 0.6 is 0 Å². The Hall–Kier alpha value is -4.36. The molecule has 7 nitrogen and oxygen atoms in total. The molecule has 6 rings (SSSR count). The van der Waals surface area contributed by atoms with Crippen molar-refractivity contribution in [1.29, 1.82) is 0 Å². The maximum atomic E-state index is 13.7. The quantitative estimate of drug-likeness (QED) is 0.331. The molecule has 4 aromatic heterocycles. The summed E-state index contributed by atoms with van der Waals surface area (Å²) in [6.45, 7) is 3.03. The summed E-state index contributed by atoms with van der Waals surface area (Å²) in [4.78, 5) is 30.2. The summed E-state index contributed by atoms with van der Waals surface area (Å²) in [5.74, 6) is 0.471. The number of nitrogens with one attached hydrogen (secondary N) is 2. The molecule has 0 aliphatic carbocycles. The van der Waals surface area contributed by atoms with Gasteiger partial charge >= 0.3 is 0 Å². The standard InChI is InChI=1S/C30H27N5O2/c1-20-2-3-23(17-32-20)24-6-9-27(33-18-24)35-29(36)30(11-14-37-15-12-30)26-7-4-21(5-8-26)25-16-22-10-13-31-28(22)34-19-25/h2-10,13,16-19H,11-12,14-15H2,1H3,(H,31,34)(H,33,35,36). The van der Waals surface area contributed by atoms with E-state index in [2.05, 4.69) is 55.6 Å². The van der Waals surface area contributed by atoms with Gasteiger partial charge in [-0.2, -0.15) is 0 Å². The lowest BCUT2D eigenvalue weighted by molar-refractivity contribution is -0.125. The second-order valence-corrected chi connectivity index (χ2v) is 9.49. The van der Waals surface area contributed by atoms with Crippen molar-refractivity contribution in [3.63, 3.8) is 0 Å². The molecule has 2 N–H and O–H groups in total. The molecule has 1 fully saturated rings. The minimum Gasteiger partial charge on any atom is -0.381 e. The number of rotatable bonds is 5. The van der Waals surface area contributed by atoms with Crippen LogP contribution in [0.4, 0.5) is 5.82 Å². The summed E-state index contributed by atoms with van der Waals surface area (Å²) in [5.41, 5.74) is 6.18. The van der Waals surface area contributed by atoms with Gasteiger partial charge in [0.2, 0.25) is 5.91 Å². The number of ether oxygens (including phenoxy) is 1. The number of pyridine rings is 3. The fourth-order valence-corrected chi connectivity index (χ4v) is 4.96. The van der Waals surface area contributed by atoms with Crippen LogP contribution in [0.2, 0.25) is 0 Å². The highest BCUT2D eigenvalue weighted by atomic mass is 16.5. The third-order valence-corrected chi connectivity index (χ3v) is 7.20. The molecule has 1 saturated heterocycles. The van der Waals surface area contributed by atoms with E-state index < -0.39 is 5.41 Å². The van der Waals surface area contributed by atoms with Crippen molar-refractivity contribution in [2.45, 2.75) is 25.2 Å². The molecule has 1 aliphatic rings. The Labute approximate surface area is 215 Å². The van der Waals surface area contributed by atoms with Gasteiger partial charge in [-0.25, -0.2) is 9.97 Å². The van der Waals surface area contributed by atoms with E-state index in [4.69, 9.17) is 4.74 Å². The summed E-state index contributed by atoms with van der Waals surface area (Å²) >= 11 is 0. The Morgan fingerprint density at radius 1 is 0.838 bits per heavy atom. The van der Waals surface area contributed by atoms with Gasteiger partial charge in [-0.1, -0.05) is 30.3 Å². The first-order valence-corrected chi connectivity index (χ1v) is 12.4. The molecule has 0 radical (unpaired) electrons. The Bertz CT molecular complexity index is 1530. The maximum absolute atomic E-state index is 13.7. The number of benzene rings is 1. The number of hydrogen-bond acceptors (Lipinski definition) is 5. The number of anilines is 1. The number of fused-ring (bicyclic) bond motifs is 1. The lowest BCUT2D eigenvalue weighted by Crippen LogP contribution is -2.45. The summed E-state index contributed by atoms with van der Waals surface area (Å²) in [5, 5.41) is 4.14. The molecule has 0 bridgehead atoms. The van der Waals surface area contributed by atoms with Crippen LogP contribution in [0, 0.1) is 6.92 Å². The van der Waals surface area contributed by atoms with Crippen LogP contribution < -0.4 is 5.32 Å². The summed E-state index contributed by atoms with van der Waals surface area (Å²) in [6.07, 6.45) is 8.58. The number of aryl methyl sites for hydroxylation is 1. The number of carbonyl (C=O) groups excluding carboxylic acids is 1. The third-order valence-electron chi connectivity index (χ3n) is 7.20. The monoisotopic (exact) mass is 489 g/mol. The predicted octanol–water partition coefficient (Wildman–Crippen LogP) is 5.68. The maximum Gasteiger partial charge on any atom is 0.236 e. The second kappa shape index (κ2) is 9.59. The van der Waals surface area contributed by atoms with Gasteiger partial charge in [-0.3, -0.25) is 9.78 Å². The average Bonchev–Trinajstić information content (AvgIpc) is 3.43. The summed E-state index contributed by atoms with van der Waals surface area (Å²) < 4.78 is 5.63. The molecule has 184 valence electrons. The highest BCUT2D eigenvalue weighted by Gasteiger charge is 2.42. The molecular weight excluding hydrogens is 462 g/mol. The van der Waals surface area contributed by atoms with Crippen molar-refractivity contribution in [2.24, 2.45) is 0 Å². The molecular formula is C30H27N5O2. The molecule has 0 atom stereocenters. The molecule has 1 amide bonds. The number of H-pyrrole nitrogens is 1. The Balaban J connectivity index is 1.24.